The number of hydroxylamine groups is 1. The van der Waals surface area contributed by atoms with E-state index in [4.69, 9.17) is 4.84 Å². The molecule has 3 rings (SSSR count). The molecule has 1 aliphatic heterocycles. The molecule has 0 saturated heterocycles. The van der Waals surface area contributed by atoms with Gasteiger partial charge in [-0.05, 0) is 12.1 Å². The van der Waals surface area contributed by atoms with Crippen molar-refractivity contribution in [2.24, 2.45) is 4.99 Å². The summed E-state index contributed by atoms with van der Waals surface area (Å²) in [6.45, 7) is 0. The van der Waals surface area contributed by atoms with Crippen LogP contribution in [0.25, 0.3) is 0 Å². The maximum atomic E-state index is 5.47. The SMILES string of the molecule is Brc1ccc(C2=NC(c3ccccc3)ON2)cc1. The molecule has 90 valence electrons. The predicted octanol–water partition coefficient (Wildman–Crippen LogP) is 3.43. The van der Waals surface area contributed by atoms with Gasteiger partial charge in [-0.15, -0.1) is 0 Å². The number of halogens is 1. The minimum Gasteiger partial charge on any atom is -0.246 e. The van der Waals surface area contributed by atoms with Gasteiger partial charge in [0.1, 0.15) is 0 Å². The van der Waals surface area contributed by atoms with E-state index in [9.17, 15) is 0 Å². The fourth-order valence-electron chi connectivity index (χ4n) is 1.78. The van der Waals surface area contributed by atoms with Gasteiger partial charge in [0, 0.05) is 15.6 Å². The molecule has 1 atom stereocenters. The van der Waals surface area contributed by atoms with E-state index >= 15 is 0 Å². The van der Waals surface area contributed by atoms with Crippen LogP contribution in [0.4, 0.5) is 0 Å². The van der Waals surface area contributed by atoms with Crippen LogP contribution < -0.4 is 5.48 Å². The molecule has 0 bridgehead atoms. The van der Waals surface area contributed by atoms with Crippen molar-refractivity contribution in [1.29, 1.82) is 0 Å². The Morgan fingerprint density at radius 2 is 1.72 bits per heavy atom. The van der Waals surface area contributed by atoms with E-state index in [2.05, 4.69) is 26.4 Å². The van der Waals surface area contributed by atoms with Gasteiger partial charge >= 0.3 is 0 Å². The molecule has 3 nitrogen and oxygen atoms in total. The highest BCUT2D eigenvalue weighted by molar-refractivity contribution is 9.10. The van der Waals surface area contributed by atoms with Gasteiger partial charge in [-0.25, -0.2) is 15.3 Å². The lowest BCUT2D eigenvalue weighted by Crippen LogP contribution is -2.17. The quantitative estimate of drug-likeness (QED) is 0.922. The largest absolute Gasteiger partial charge is 0.246 e. The lowest BCUT2D eigenvalue weighted by Gasteiger charge is -2.04. The monoisotopic (exact) mass is 302 g/mol. The first-order valence-corrected chi connectivity index (χ1v) is 6.42. The Hall–Kier alpha value is -1.65. The van der Waals surface area contributed by atoms with Crippen LogP contribution in [0, 0.1) is 0 Å². The van der Waals surface area contributed by atoms with E-state index in [1.165, 1.54) is 0 Å². The summed E-state index contributed by atoms with van der Waals surface area (Å²) >= 11 is 3.41. The Kier molecular flexibility index (Phi) is 3.13. The van der Waals surface area contributed by atoms with Crippen molar-refractivity contribution in [2.45, 2.75) is 6.23 Å². The van der Waals surface area contributed by atoms with Gasteiger partial charge in [0.15, 0.2) is 5.84 Å². The van der Waals surface area contributed by atoms with Gasteiger partial charge in [-0.1, -0.05) is 58.4 Å². The topological polar surface area (TPSA) is 33.6 Å². The molecular weight excluding hydrogens is 292 g/mol. The lowest BCUT2D eigenvalue weighted by atomic mass is 10.2. The van der Waals surface area contributed by atoms with Crippen LogP contribution in [0.3, 0.4) is 0 Å². The van der Waals surface area contributed by atoms with Crippen molar-refractivity contribution in [3.05, 3.63) is 70.2 Å². The van der Waals surface area contributed by atoms with Crippen LogP contribution in [-0.4, -0.2) is 5.84 Å². The standard InChI is InChI=1S/C14H11BrN2O/c15-12-8-6-10(7-9-12)13-16-14(18-17-13)11-4-2-1-3-5-11/h1-9,14H,(H,16,17). The van der Waals surface area contributed by atoms with Crippen molar-refractivity contribution in [3.8, 4) is 0 Å². The van der Waals surface area contributed by atoms with Crippen molar-refractivity contribution >= 4 is 21.8 Å². The average Bonchev–Trinajstić information content (AvgIpc) is 2.90. The van der Waals surface area contributed by atoms with E-state index in [1.807, 2.05) is 54.6 Å². The zero-order chi connectivity index (χ0) is 12.4. The Bertz CT molecular complexity index is 566. The molecule has 1 aliphatic rings. The van der Waals surface area contributed by atoms with Crippen molar-refractivity contribution in [2.75, 3.05) is 0 Å². The molecule has 2 aromatic carbocycles. The Morgan fingerprint density at radius 3 is 2.44 bits per heavy atom. The molecule has 2 aromatic rings. The molecule has 0 saturated carbocycles. The number of benzene rings is 2. The maximum Gasteiger partial charge on any atom is 0.202 e. The number of amidine groups is 1. The highest BCUT2D eigenvalue weighted by Gasteiger charge is 2.20. The second-order valence-electron chi connectivity index (χ2n) is 3.97. The summed E-state index contributed by atoms with van der Waals surface area (Å²) in [6, 6.07) is 17.9. The number of hydrogen-bond acceptors (Lipinski definition) is 3. The minimum absolute atomic E-state index is 0.273. The minimum atomic E-state index is -0.273. The first-order valence-electron chi connectivity index (χ1n) is 5.63. The lowest BCUT2D eigenvalue weighted by molar-refractivity contribution is 0.0377. The molecule has 1 heterocycles. The number of nitrogens with zero attached hydrogens (tertiary/aromatic N) is 1. The van der Waals surface area contributed by atoms with Crippen molar-refractivity contribution in [3.63, 3.8) is 0 Å². The summed E-state index contributed by atoms with van der Waals surface area (Å²) in [5.41, 5.74) is 4.93. The van der Waals surface area contributed by atoms with Gasteiger partial charge in [-0.2, -0.15) is 0 Å². The van der Waals surface area contributed by atoms with E-state index in [0.717, 1.165) is 21.4 Å². The first-order chi connectivity index (χ1) is 8.83. The molecule has 0 radical (unpaired) electrons. The highest BCUT2D eigenvalue weighted by atomic mass is 79.9. The van der Waals surface area contributed by atoms with E-state index in [1.54, 1.807) is 0 Å². The fourth-order valence-corrected chi connectivity index (χ4v) is 2.05. The van der Waals surface area contributed by atoms with E-state index in [-0.39, 0.29) is 6.23 Å². The normalized spacial score (nSPS) is 18.3. The van der Waals surface area contributed by atoms with Gasteiger partial charge in [0.25, 0.3) is 0 Å². The number of rotatable bonds is 2. The molecule has 1 N–H and O–H groups in total. The molecular formula is C14H11BrN2O. The molecule has 0 spiro atoms. The summed E-state index contributed by atoms with van der Waals surface area (Å²) in [5, 5.41) is 0. The smallest absolute Gasteiger partial charge is 0.202 e. The van der Waals surface area contributed by atoms with Gasteiger partial charge in [-0.3, -0.25) is 0 Å². The first kappa shape index (κ1) is 11.4. The van der Waals surface area contributed by atoms with E-state index < -0.39 is 0 Å². The van der Waals surface area contributed by atoms with Gasteiger partial charge in [0.2, 0.25) is 6.23 Å². The summed E-state index contributed by atoms with van der Waals surface area (Å²) in [6.07, 6.45) is -0.273. The highest BCUT2D eigenvalue weighted by Crippen LogP contribution is 2.23. The zero-order valence-corrected chi connectivity index (χ0v) is 11.1. The maximum absolute atomic E-state index is 5.47. The number of hydrogen-bond donors (Lipinski definition) is 1. The summed E-state index contributed by atoms with van der Waals surface area (Å²) in [5.74, 6) is 0.761. The summed E-state index contributed by atoms with van der Waals surface area (Å²) in [4.78, 5) is 10.00. The van der Waals surface area contributed by atoms with Crippen LogP contribution in [0.2, 0.25) is 0 Å². The number of nitrogens with one attached hydrogen (secondary N) is 1. The molecule has 0 amide bonds. The van der Waals surface area contributed by atoms with Crippen LogP contribution >= 0.6 is 15.9 Å². The number of aliphatic imine (C=N–C) groups is 1. The Morgan fingerprint density at radius 1 is 1.00 bits per heavy atom. The molecule has 18 heavy (non-hydrogen) atoms. The van der Waals surface area contributed by atoms with E-state index in [0.29, 0.717) is 0 Å². The summed E-state index contributed by atoms with van der Waals surface area (Å²) < 4.78 is 1.05. The summed E-state index contributed by atoms with van der Waals surface area (Å²) in [7, 11) is 0. The van der Waals surface area contributed by atoms with Crippen molar-refractivity contribution in [1.82, 2.24) is 5.48 Å². The Labute approximate surface area is 114 Å². The molecule has 0 fully saturated rings. The molecule has 1 unspecified atom stereocenters. The van der Waals surface area contributed by atoms with Crippen LogP contribution in [0.15, 0.2) is 64.1 Å². The average molecular weight is 303 g/mol. The second-order valence-corrected chi connectivity index (χ2v) is 4.88. The van der Waals surface area contributed by atoms with Crippen LogP contribution in [0.1, 0.15) is 17.4 Å². The van der Waals surface area contributed by atoms with Gasteiger partial charge < -0.3 is 0 Å². The van der Waals surface area contributed by atoms with Crippen LogP contribution in [0.5, 0.6) is 0 Å². The Balaban J connectivity index is 1.86. The molecule has 0 aromatic heterocycles. The molecule has 4 heteroatoms. The predicted molar refractivity (Wildman–Crippen MR) is 74.1 cm³/mol. The van der Waals surface area contributed by atoms with Crippen LogP contribution in [-0.2, 0) is 4.84 Å². The third kappa shape index (κ3) is 2.30. The third-order valence-corrected chi connectivity index (χ3v) is 3.24. The van der Waals surface area contributed by atoms with Gasteiger partial charge in [0.05, 0.1) is 0 Å². The van der Waals surface area contributed by atoms with Crippen molar-refractivity contribution < 1.29 is 4.84 Å². The second kappa shape index (κ2) is 4.92. The zero-order valence-electron chi connectivity index (χ0n) is 9.51. The fraction of sp³-hybridized carbons (Fsp3) is 0.0714. The third-order valence-electron chi connectivity index (χ3n) is 2.72. The molecule has 0 aliphatic carbocycles.